The van der Waals surface area contributed by atoms with E-state index in [0.29, 0.717) is 18.3 Å². The van der Waals surface area contributed by atoms with Crippen molar-refractivity contribution >= 4 is 5.91 Å². The highest BCUT2D eigenvalue weighted by Crippen LogP contribution is 2.48. The minimum absolute atomic E-state index is 0.162. The van der Waals surface area contributed by atoms with Crippen molar-refractivity contribution in [2.75, 3.05) is 6.54 Å². The normalized spacial score (nSPS) is 32.9. The molecule has 2 heterocycles. The van der Waals surface area contributed by atoms with Crippen LogP contribution in [0.1, 0.15) is 47.5 Å². The summed E-state index contributed by atoms with van der Waals surface area (Å²) in [7, 11) is 0. The van der Waals surface area contributed by atoms with Gasteiger partial charge < -0.3 is 9.64 Å². The maximum atomic E-state index is 11.8. The van der Waals surface area contributed by atoms with E-state index in [0.717, 1.165) is 13.0 Å². The topological polar surface area (TPSA) is 29.5 Å². The van der Waals surface area contributed by atoms with Crippen molar-refractivity contribution in [3.63, 3.8) is 0 Å². The fraction of sp³-hybridized carbons (Fsp3) is 0.923. The van der Waals surface area contributed by atoms with E-state index in [-0.39, 0.29) is 17.2 Å². The molecule has 3 heteroatoms. The van der Waals surface area contributed by atoms with E-state index in [9.17, 15) is 4.79 Å². The van der Waals surface area contributed by atoms with Gasteiger partial charge in [0.25, 0.3) is 0 Å². The van der Waals surface area contributed by atoms with Gasteiger partial charge in [0.15, 0.2) is 0 Å². The fourth-order valence-corrected chi connectivity index (χ4v) is 3.19. The molecule has 3 nitrogen and oxygen atoms in total. The summed E-state index contributed by atoms with van der Waals surface area (Å²) in [5, 5.41) is 0. The second kappa shape index (κ2) is 3.46. The lowest BCUT2D eigenvalue weighted by molar-refractivity contribution is -0.157. The number of amides is 1. The van der Waals surface area contributed by atoms with Crippen LogP contribution in [-0.4, -0.2) is 28.7 Å². The largest absolute Gasteiger partial charge is 0.347 e. The van der Waals surface area contributed by atoms with Crippen LogP contribution < -0.4 is 0 Å². The highest BCUT2D eigenvalue weighted by atomic mass is 16.6. The van der Waals surface area contributed by atoms with Crippen LogP contribution in [0.15, 0.2) is 0 Å². The van der Waals surface area contributed by atoms with Crippen LogP contribution in [0.25, 0.3) is 0 Å². The first-order chi connectivity index (χ1) is 7.32. The molecular formula is C13H23NO2. The molecule has 0 spiro atoms. The second-order valence-corrected chi connectivity index (χ2v) is 6.02. The molecule has 92 valence electrons. The SMILES string of the molecule is CC(C)C1(C(C)C)CN2C(=O)CC[C@@]2(C)O1. The highest BCUT2D eigenvalue weighted by Gasteiger charge is 2.58. The van der Waals surface area contributed by atoms with Gasteiger partial charge in [-0.15, -0.1) is 0 Å². The van der Waals surface area contributed by atoms with E-state index < -0.39 is 0 Å². The standard InChI is InChI=1S/C13H23NO2/c1-9(2)13(10(3)4)8-14-11(15)6-7-12(14,5)16-13/h9-10H,6-8H2,1-5H3/t12-/m1/s1. The maximum Gasteiger partial charge on any atom is 0.225 e. The van der Waals surface area contributed by atoms with Crippen LogP contribution >= 0.6 is 0 Å². The Balaban J connectivity index is 2.32. The summed E-state index contributed by atoms with van der Waals surface area (Å²) in [5.74, 6) is 1.12. The number of ether oxygens (including phenoxy) is 1. The average Bonchev–Trinajstić information content (AvgIpc) is 2.62. The third-order valence-electron chi connectivity index (χ3n) is 4.44. The molecule has 16 heavy (non-hydrogen) atoms. The van der Waals surface area contributed by atoms with Gasteiger partial charge >= 0.3 is 0 Å². The van der Waals surface area contributed by atoms with Crippen LogP contribution in [0, 0.1) is 11.8 Å². The minimum atomic E-state index is -0.342. The molecule has 0 aromatic carbocycles. The van der Waals surface area contributed by atoms with Gasteiger partial charge in [-0.2, -0.15) is 0 Å². The molecule has 0 N–H and O–H groups in total. The van der Waals surface area contributed by atoms with Crippen molar-refractivity contribution in [1.29, 1.82) is 0 Å². The number of rotatable bonds is 2. The molecule has 2 aliphatic heterocycles. The Kier molecular flexibility index (Phi) is 2.57. The molecule has 0 saturated carbocycles. The van der Waals surface area contributed by atoms with Gasteiger partial charge in [0.05, 0.1) is 12.1 Å². The van der Waals surface area contributed by atoms with E-state index in [1.165, 1.54) is 0 Å². The Morgan fingerprint density at radius 2 is 1.81 bits per heavy atom. The van der Waals surface area contributed by atoms with E-state index >= 15 is 0 Å². The van der Waals surface area contributed by atoms with Gasteiger partial charge in [0, 0.05) is 12.8 Å². The van der Waals surface area contributed by atoms with Crippen LogP contribution in [0.2, 0.25) is 0 Å². The summed E-state index contributed by atoms with van der Waals surface area (Å²) in [6, 6.07) is 0. The van der Waals surface area contributed by atoms with Crippen LogP contribution in [-0.2, 0) is 9.53 Å². The molecule has 2 fully saturated rings. The monoisotopic (exact) mass is 225 g/mol. The lowest BCUT2D eigenvalue weighted by Crippen LogP contribution is -2.45. The van der Waals surface area contributed by atoms with E-state index in [1.54, 1.807) is 0 Å². The van der Waals surface area contributed by atoms with Crippen molar-refractivity contribution in [3.05, 3.63) is 0 Å². The predicted molar refractivity (Wildman–Crippen MR) is 62.8 cm³/mol. The third kappa shape index (κ3) is 1.41. The van der Waals surface area contributed by atoms with E-state index in [2.05, 4.69) is 34.6 Å². The molecule has 0 aromatic heterocycles. The highest BCUT2D eigenvalue weighted by molar-refractivity contribution is 5.79. The number of fused-ring (bicyclic) bond motifs is 1. The number of hydrogen-bond acceptors (Lipinski definition) is 2. The lowest BCUT2D eigenvalue weighted by Gasteiger charge is -2.37. The first-order valence-electron chi connectivity index (χ1n) is 6.32. The van der Waals surface area contributed by atoms with Gasteiger partial charge in [-0.3, -0.25) is 4.79 Å². The summed E-state index contributed by atoms with van der Waals surface area (Å²) in [4.78, 5) is 13.8. The third-order valence-corrected chi connectivity index (χ3v) is 4.44. The first kappa shape index (κ1) is 11.9. The van der Waals surface area contributed by atoms with Crippen molar-refractivity contribution in [1.82, 2.24) is 4.90 Å². The maximum absolute atomic E-state index is 11.8. The van der Waals surface area contributed by atoms with Crippen LogP contribution in [0.5, 0.6) is 0 Å². The molecule has 1 amide bonds. The van der Waals surface area contributed by atoms with Gasteiger partial charge in [-0.25, -0.2) is 0 Å². The number of carbonyl (C=O) groups excluding carboxylic acids is 1. The van der Waals surface area contributed by atoms with Crippen LogP contribution in [0.3, 0.4) is 0 Å². The first-order valence-corrected chi connectivity index (χ1v) is 6.32. The summed E-state index contributed by atoms with van der Waals surface area (Å²) in [6.07, 6.45) is 1.48. The zero-order chi connectivity index (χ0) is 12.1. The summed E-state index contributed by atoms with van der Waals surface area (Å²) in [6.45, 7) is 11.6. The molecule has 0 aliphatic carbocycles. The Morgan fingerprint density at radius 1 is 1.25 bits per heavy atom. The Labute approximate surface area is 98.1 Å². The van der Waals surface area contributed by atoms with Crippen molar-refractivity contribution in [3.8, 4) is 0 Å². The fourth-order valence-electron chi connectivity index (χ4n) is 3.19. The van der Waals surface area contributed by atoms with E-state index in [4.69, 9.17) is 4.74 Å². The number of carbonyl (C=O) groups is 1. The van der Waals surface area contributed by atoms with Gasteiger partial charge in [0.2, 0.25) is 5.91 Å². The second-order valence-electron chi connectivity index (χ2n) is 6.02. The lowest BCUT2D eigenvalue weighted by atomic mass is 9.80. The Bertz CT molecular complexity index is 303. The molecule has 0 aromatic rings. The van der Waals surface area contributed by atoms with Crippen molar-refractivity contribution in [2.24, 2.45) is 11.8 Å². The number of nitrogens with zero attached hydrogens (tertiary/aromatic N) is 1. The molecule has 0 radical (unpaired) electrons. The Morgan fingerprint density at radius 3 is 2.25 bits per heavy atom. The van der Waals surface area contributed by atoms with Gasteiger partial charge in [-0.1, -0.05) is 27.7 Å². The number of hydrogen-bond donors (Lipinski definition) is 0. The quantitative estimate of drug-likeness (QED) is 0.722. The molecule has 2 rings (SSSR count). The zero-order valence-corrected chi connectivity index (χ0v) is 11.0. The predicted octanol–water partition coefficient (Wildman–Crippen LogP) is 2.41. The molecule has 0 unspecified atom stereocenters. The van der Waals surface area contributed by atoms with Crippen molar-refractivity contribution < 1.29 is 9.53 Å². The van der Waals surface area contributed by atoms with E-state index in [1.807, 2.05) is 4.90 Å². The molecular weight excluding hydrogens is 202 g/mol. The van der Waals surface area contributed by atoms with Crippen LogP contribution in [0.4, 0.5) is 0 Å². The zero-order valence-electron chi connectivity index (χ0n) is 11.0. The molecule has 2 aliphatic rings. The van der Waals surface area contributed by atoms with Gasteiger partial charge in [0.1, 0.15) is 5.72 Å². The Hall–Kier alpha value is -0.570. The minimum Gasteiger partial charge on any atom is -0.347 e. The molecule has 2 saturated heterocycles. The molecule has 0 bridgehead atoms. The smallest absolute Gasteiger partial charge is 0.225 e. The van der Waals surface area contributed by atoms with Gasteiger partial charge in [-0.05, 0) is 18.8 Å². The average molecular weight is 225 g/mol. The summed E-state index contributed by atoms with van der Waals surface area (Å²) >= 11 is 0. The summed E-state index contributed by atoms with van der Waals surface area (Å²) < 4.78 is 6.36. The molecule has 1 atom stereocenters. The summed E-state index contributed by atoms with van der Waals surface area (Å²) in [5.41, 5.74) is -0.504. The van der Waals surface area contributed by atoms with Crippen molar-refractivity contribution in [2.45, 2.75) is 58.8 Å².